The van der Waals surface area contributed by atoms with E-state index in [4.69, 9.17) is 5.73 Å². The van der Waals surface area contributed by atoms with Gasteiger partial charge in [-0.15, -0.1) is 0 Å². The van der Waals surface area contributed by atoms with Gasteiger partial charge in [-0.25, -0.2) is 0 Å². The van der Waals surface area contributed by atoms with Crippen LogP contribution in [0.15, 0.2) is 54.6 Å². The Morgan fingerprint density at radius 2 is 1.92 bits per heavy atom. The van der Waals surface area contributed by atoms with Gasteiger partial charge >= 0.3 is 0 Å². The number of nitrogens with one attached hydrogen (secondary N) is 1. The largest absolute Gasteiger partial charge is 0.399 e. The third-order valence-electron chi connectivity index (χ3n) is 4.44. The molecule has 4 nitrogen and oxygen atoms in total. The number of nitrogen functional groups attached to an aromatic ring is 1. The first-order chi connectivity index (χ1) is 11.7. The molecule has 1 aliphatic rings. The molecule has 1 unspecified atom stereocenters. The second-order valence-electron chi connectivity index (χ2n) is 6.55. The van der Waals surface area contributed by atoms with E-state index in [9.17, 15) is 4.79 Å². The first kappa shape index (κ1) is 16.5. The zero-order valence-corrected chi connectivity index (χ0v) is 13.9. The van der Waals surface area contributed by atoms with Gasteiger partial charge < -0.3 is 11.1 Å². The van der Waals surface area contributed by atoms with E-state index in [1.807, 2.05) is 30.3 Å². The molecule has 1 aliphatic heterocycles. The minimum atomic E-state index is 0.0761. The molecular formula is C20H25N3O. The van der Waals surface area contributed by atoms with Crippen molar-refractivity contribution < 1.29 is 4.79 Å². The van der Waals surface area contributed by atoms with Gasteiger partial charge in [-0.1, -0.05) is 42.5 Å². The Bertz CT molecular complexity index is 672. The molecule has 24 heavy (non-hydrogen) atoms. The van der Waals surface area contributed by atoms with Crippen LogP contribution in [0.3, 0.4) is 0 Å². The Balaban J connectivity index is 1.50. The van der Waals surface area contributed by atoms with Gasteiger partial charge in [-0.05, 0) is 42.6 Å². The second-order valence-corrected chi connectivity index (χ2v) is 6.55. The molecule has 0 radical (unpaired) electrons. The SMILES string of the molecule is Nc1cccc(CC(=O)NC2CCCN(Cc3ccccc3)C2)c1. The molecule has 1 heterocycles. The highest BCUT2D eigenvalue weighted by Gasteiger charge is 2.21. The predicted octanol–water partition coefficient (Wildman–Crippen LogP) is 2.59. The smallest absolute Gasteiger partial charge is 0.224 e. The van der Waals surface area contributed by atoms with E-state index in [-0.39, 0.29) is 11.9 Å². The normalized spacial score (nSPS) is 18.2. The molecule has 1 atom stereocenters. The van der Waals surface area contributed by atoms with Gasteiger partial charge in [0.1, 0.15) is 0 Å². The van der Waals surface area contributed by atoms with Crippen molar-refractivity contribution in [2.24, 2.45) is 0 Å². The molecule has 3 rings (SSSR count). The summed E-state index contributed by atoms with van der Waals surface area (Å²) in [5.41, 5.74) is 8.76. The first-order valence-electron chi connectivity index (χ1n) is 8.59. The lowest BCUT2D eigenvalue weighted by Gasteiger charge is -2.33. The van der Waals surface area contributed by atoms with Crippen molar-refractivity contribution in [3.05, 3.63) is 65.7 Å². The predicted molar refractivity (Wildman–Crippen MR) is 97.4 cm³/mol. The third-order valence-corrected chi connectivity index (χ3v) is 4.44. The molecule has 2 aromatic carbocycles. The molecule has 126 valence electrons. The number of hydrogen-bond acceptors (Lipinski definition) is 3. The summed E-state index contributed by atoms with van der Waals surface area (Å²) < 4.78 is 0. The summed E-state index contributed by atoms with van der Waals surface area (Å²) in [5.74, 6) is 0.0761. The van der Waals surface area contributed by atoms with Gasteiger partial charge in [0.15, 0.2) is 0 Å². The maximum absolute atomic E-state index is 12.3. The van der Waals surface area contributed by atoms with E-state index in [2.05, 4.69) is 34.5 Å². The fourth-order valence-electron chi connectivity index (χ4n) is 3.33. The maximum atomic E-state index is 12.3. The summed E-state index contributed by atoms with van der Waals surface area (Å²) in [6.45, 7) is 2.95. The van der Waals surface area contributed by atoms with Crippen LogP contribution in [0.2, 0.25) is 0 Å². The van der Waals surface area contributed by atoms with Gasteiger partial charge in [0.2, 0.25) is 5.91 Å². The van der Waals surface area contributed by atoms with Crippen LogP contribution in [0.5, 0.6) is 0 Å². The van der Waals surface area contributed by atoms with Crippen LogP contribution in [-0.4, -0.2) is 29.9 Å². The lowest BCUT2D eigenvalue weighted by atomic mass is 10.0. The van der Waals surface area contributed by atoms with Crippen molar-refractivity contribution in [3.8, 4) is 0 Å². The summed E-state index contributed by atoms with van der Waals surface area (Å²) >= 11 is 0. The maximum Gasteiger partial charge on any atom is 0.224 e. The Morgan fingerprint density at radius 1 is 1.12 bits per heavy atom. The molecule has 0 bridgehead atoms. The second kappa shape index (κ2) is 7.97. The number of hydrogen-bond donors (Lipinski definition) is 2. The third kappa shape index (κ3) is 4.83. The quantitative estimate of drug-likeness (QED) is 0.832. The van der Waals surface area contributed by atoms with E-state index >= 15 is 0 Å². The van der Waals surface area contributed by atoms with E-state index in [0.717, 1.165) is 38.0 Å². The zero-order chi connectivity index (χ0) is 16.8. The number of rotatable bonds is 5. The van der Waals surface area contributed by atoms with E-state index in [1.54, 1.807) is 0 Å². The van der Waals surface area contributed by atoms with E-state index in [0.29, 0.717) is 12.1 Å². The van der Waals surface area contributed by atoms with Crippen LogP contribution < -0.4 is 11.1 Å². The fraction of sp³-hybridized carbons (Fsp3) is 0.350. The number of nitrogens with zero attached hydrogens (tertiary/aromatic N) is 1. The van der Waals surface area contributed by atoms with Crippen molar-refractivity contribution in [1.82, 2.24) is 10.2 Å². The average Bonchev–Trinajstić information content (AvgIpc) is 2.56. The number of nitrogens with two attached hydrogens (primary N) is 1. The molecule has 0 saturated carbocycles. The van der Waals surface area contributed by atoms with Crippen molar-refractivity contribution >= 4 is 11.6 Å². The number of carbonyl (C=O) groups excluding carboxylic acids is 1. The van der Waals surface area contributed by atoms with E-state index in [1.165, 1.54) is 5.56 Å². The molecular weight excluding hydrogens is 298 g/mol. The molecule has 1 fully saturated rings. The summed E-state index contributed by atoms with van der Waals surface area (Å²) in [7, 11) is 0. The van der Waals surface area contributed by atoms with Crippen LogP contribution in [0.4, 0.5) is 5.69 Å². The summed E-state index contributed by atoms with van der Waals surface area (Å²) in [5, 5.41) is 3.18. The van der Waals surface area contributed by atoms with Crippen molar-refractivity contribution in [2.45, 2.75) is 31.8 Å². The summed E-state index contributed by atoms with van der Waals surface area (Å²) in [6.07, 6.45) is 2.56. The number of anilines is 1. The van der Waals surface area contributed by atoms with Gasteiger partial charge in [0.05, 0.1) is 6.42 Å². The van der Waals surface area contributed by atoms with E-state index < -0.39 is 0 Å². The summed E-state index contributed by atoms with van der Waals surface area (Å²) in [6, 6.07) is 18.3. The lowest BCUT2D eigenvalue weighted by molar-refractivity contribution is -0.121. The number of carbonyl (C=O) groups is 1. The molecule has 0 aliphatic carbocycles. The molecule has 3 N–H and O–H groups in total. The van der Waals surface area contributed by atoms with Crippen LogP contribution in [0, 0.1) is 0 Å². The number of likely N-dealkylation sites (tertiary alicyclic amines) is 1. The van der Waals surface area contributed by atoms with Crippen molar-refractivity contribution in [3.63, 3.8) is 0 Å². The van der Waals surface area contributed by atoms with Gasteiger partial charge in [0.25, 0.3) is 0 Å². The van der Waals surface area contributed by atoms with Gasteiger partial charge in [-0.3, -0.25) is 9.69 Å². The average molecular weight is 323 g/mol. The monoisotopic (exact) mass is 323 g/mol. The molecule has 0 aromatic heterocycles. The Labute approximate surface area is 143 Å². The molecule has 2 aromatic rings. The van der Waals surface area contributed by atoms with Crippen LogP contribution >= 0.6 is 0 Å². The molecule has 1 saturated heterocycles. The van der Waals surface area contributed by atoms with Gasteiger partial charge in [-0.2, -0.15) is 0 Å². The number of benzene rings is 2. The molecule has 1 amide bonds. The van der Waals surface area contributed by atoms with Crippen LogP contribution in [-0.2, 0) is 17.8 Å². The highest BCUT2D eigenvalue weighted by atomic mass is 16.1. The minimum absolute atomic E-state index is 0.0761. The Hall–Kier alpha value is -2.33. The Kier molecular flexibility index (Phi) is 5.49. The highest BCUT2D eigenvalue weighted by Crippen LogP contribution is 2.14. The van der Waals surface area contributed by atoms with Crippen LogP contribution in [0.1, 0.15) is 24.0 Å². The van der Waals surface area contributed by atoms with Crippen LogP contribution in [0.25, 0.3) is 0 Å². The number of amides is 1. The summed E-state index contributed by atoms with van der Waals surface area (Å²) in [4.78, 5) is 14.7. The van der Waals surface area contributed by atoms with Crippen molar-refractivity contribution in [1.29, 1.82) is 0 Å². The standard InChI is InChI=1S/C20H25N3O/c21-18-9-4-8-17(12-18)13-20(24)22-19-10-5-11-23(15-19)14-16-6-2-1-3-7-16/h1-4,6-9,12,19H,5,10-11,13-15,21H2,(H,22,24). The van der Waals surface area contributed by atoms with Crippen molar-refractivity contribution in [2.75, 3.05) is 18.8 Å². The number of piperidine rings is 1. The lowest BCUT2D eigenvalue weighted by Crippen LogP contribution is -2.47. The zero-order valence-electron chi connectivity index (χ0n) is 13.9. The van der Waals surface area contributed by atoms with Gasteiger partial charge in [0, 0.05) is 24.8 Å². The highest BCUT2D eigenvalue weighted by molar-refractivity contribution is 5.79. The minimum Gasteiger partial charge on any atom is -0.399 e. The topological polar surface area (TPSA) is 58.4 Å². The fourth-order valence-corrected chi connectivity index (χ4v) is 3.33. The first-order valence-corrected chi connectivity index (χ1v) is 8.59. The molecule has 0 spiro atoms. The Morgan fingerprint density at radius 3 is 2.71 bits per heavy atom. The molecule has 4 heteroatoms.